The molecule has 1 aromatic rings. The molecule has 0 saturated carbocycles. The van der Waals surface area contributed by atoms with E-state index in [2.05, 4.69) is 10.1 Å². The largest absolute Gasteiger partial charge is 0.360 e. The van der Waals surface area contributed by atoms with E-state index in [-0.39, 0.29) is 36.6 Å². The number of nitrogens with zero attached hydrogens (tertiary/aromatic N) is 3. The minimum absolute atomic E-state index is 0. The van der Waals surface area contributed by atoms with Crippen molar-refractivity contribution in [3.8, 4) is 0 Å². The van der Waals surface area contributed by atoms with Gasteiger partial charge in [0.1, 0.15) is 0 Å². The van der Waals surface area contributed by atoms with Gasteiger partial charge in [0.15, 0.2) is 5.76 Å². The summed E-state index contributed by atoms with van der Waals surface area (Å²) in [5, 5.41) is 3.89. The second kappa shape index (κ2) is 9.35. The van der Waals surface area contributed by atoms with Gasteiger partial charge in [0, 0.05) is 32.2 Å². The molecule has 128 valence electrons. The Morgan fingerprint density at radius 3 is 2.36 bits per heavy atom. The van der Waals surface area contributed by atoms with Crippen LogP contribution >= 0.6 is 24.8 Å². The minimum atomic E-state index is -0.390. The number of hydrogen-bond donors (Lipinski definition) is 1. The highest BCUT2D eigenvalue weighted by Gasteiger charge is 2.27. The molecule has 6 nitrogen and oxygen atoms in total. The molecule has 1 aromatic heterocycles. The van der Waals surface area contributed by atoms with Crippen molar-refractivity contribution in [1.29, 1.82) is 0 Å². The van der Waals surface area contributed by atoms with Crippen molar-refractivity contribution in [2.24, 2.45) is 11.7 Å². The van der Waals surface area contributed by atoms with Crippen LogP contribution in [0.4, 0.5) is 0 Å². The standard InChI is InChI=1S/C14H24N4O2.2ClH/c1-10(2)13(15)14(19)18-6-4-17(5-7-18)9-12-8-11(3)16-20-12;;/h8,10,13H,4-7,9,15H2,1-3H3;2*1H. The fraction of sp³-hybridized carbons (Fsp3) is 0.714. The predicted molar refractivity (Wildman–Crippen MR) is 90.4 cm³/mol. The predicted octanol–water partition coefficient (Wildman–Crippen LogP) is 1.45. The van der Waals surface area contributed by atoms with E-state index in [1.165, 1.54) is 0 Å². The molecule has 2 heterocycles. The Morgan fingerprint density at radius 2 is 1.91 bits per heavy atom. The monoisotopic (exact) mass is 352 g/mol. The molecule has 2 N–H and O–H groups in total. The third-order valence-electron chi connectivity index (χ3n) is 3.74. The van der Waals surface area contributed by atoms with Crippen molar-refractivity contribution >= 4 is 30.7 Å². The summed E-state index contributed by atoms with van der Waals surface area (Å²) in [6, 6.07) is 1.56. The first-order valence-electron chi connectivity index (χ1n) is 7.16. The van der Waals surface area contributed by atoms with Crippen molar-refractivity contribution in [3.63, 3.8) is 0 Å². The number of aromatic nitrogens is 1. The number of hydrogen-bond acceptors (Lipinski definition) is 5. The highest BCUT2D eigenvalue weighted by Crippen LogP contribution is 2.11. The molecular formula is C14H26Cl2N4O2. The third kappa shape index (κ3) is 5.43. The Hall–Kier alpha value is -0.820. The average molecular weight is 353 g/mol. The quantitative estimate of drug-likeness (QED) is 0.887. The molecule has 0 bridgehead atoms. The highest BCUT2D eigenvalue weighted by atomic mass is 35.5. The Bertz CT molecular complexity index is 459. The number of aryl methyl sites for hydroxylation is 1. The van der Waals surface area contributed by atoms with Crippen LogP contribution in [0, 0.1) is 12.8 Å². The fourth-order valence-electron chi connectivity index (χ4n) is 2.33. The van der Waals surface area contributed by atoms with E-state index in [0.717, 1.165) is 44.2 Å². The minimum Gasteiger partial charge on any atom is -0.360 e. The number of amides is 1. The topological polar surface area (TPSA) is 75.6 Å². The van der Waals surface area contributed by atoms with Gasteiger partial charge in [0.2, 0.25) is 5.91 Å². The molecule has 22 heavy (non-hydrogen) atoms. The maximum atomic E-state index is 12.2. The van der Waals surface area contributed by atoms with Gasteiger partial charge in [-0.1, -0.05) is 19.0 Å². The Morgan fingerprint density at radius 1 is 1.32 bits per heavy atom. The van der Waals surface area contributed by atoms with Crippen LogP contribution in [0.15, 0.2) is 10.6 Å². The fourth-order valence-corrected chi connectivity index (χ4v) is 2.33. The van der Waals surface area contributed by atoms with Crippen LogP contribution in [0.3, 0.4) is 0 Å². The van der Waals surface area contributed by atoms with Crippen LogP contribution in [-0.2, 0) is 11.3 Å². The molecule has 8 heteroatoms. The Labute approximate surface area is 144 Å². The Balaban J connectivity index is 0.00000220. The SMILES string of the molecule is Cc1cc(CN2CCN(C(=O)C(N)C(C)C)CC2)on1.Cl.Cl. The first-order valence-corrected chi connectivity index (χ1v) is 7.16. The van der Waals surface area contributed by atoms with Crippen LogP contribution in [0.5, 0.6) is 0 Å². The van der Waals surface area contributed by atoms with Gasteiger partial charge in [-0.3, -0.25) is 9.69 Å². The lowest BCUT2D eigenvalue weighted by molar-refractivity contribution is -0.135. The van der Waals surface area contributed by atoms with Gasteiger partial charge >= 0.3 is 0 Å². The van der Waals surface area contributed by atoms with E-state index < -0.39 is 6.04 Å². The summed E-state index contributed by atoms with van der Waals surface area (Å²) >= 11 is 0. The zero-order chi connectivity index (χ0) is 14.7. The lowest BCUT2D eigenvalue weighted by atomic mass is 10.0. The summed E-state index contributed by atoms with van der Waals surface area (Å²) in [6.45, 7) is 9.76. The van der Waals surface area contributed by atoms with Crippen LogP contribution in [-0.4, -0.2) is 53.1 Å². The molecular weight excluding hydrogens is 327 g/mol. The van der Waals surface area contributed by atoms with Gasteiger partial charge in [-0.25, -0.2) is 0 Å². The van der Waals surface area contributed by atoms with E-state index >= 15 is 0 Å². The van der Waals surface area contributed by atoms with Crippen molar-refractivity contribution in [2.75, 3.05) is 26.2 Å². The third-order valence-corrected chi connectivity index (χ3v) is 3.74. The summed E-state index contributed by atoms with van der Waals surface area (Å²) in [4.78, 5) is 16.3. The van der Waals surface area contributed by atoms with Crippen LogP contribution in [0.25, 0.3) is 0 Å². The summed E-state index contributed by atoms with van der Waals surface area (Å²) in [6.07, 6.45) is 0. The second-order valence-electron chi connectivity index (χ2n) is 5.81. The van der Waals surface area contributed by atoms with Crippen molar-refractivity contribution in [2.45, 2.75) is 33.4 Å². The average Bonchev–Trinajstić information content (AvgIpc) is 2.83. The number of carbonyl (C=O) groups excluding carboxylic acids is 1. The molecule has 1 amide bonds. The number of rotatable bonds is 4. The highest BCUT2D eigenvalue weighted by molar-refractivity contribution is 5.85. The zero-order valence-corrected chi connectivity index (χ0v) is 15.0. The van der Waals surface area contributed by atoms with E-state index in [1.54, 1.807) is 0 Å². The van der Waals surface area contributed by atoms with E-state index in [0.29, 0.717) is 0 Å². The number of halogens is 2. The summed E-state index contributed by atoms with van der Waals surface area (Å²) < 4.78 is 5.22. The van der Waals surface area contributed by atoms with Crippen molar-refractivity contribution in [3.05, 3.63) is 17.5 Å². The molecule has 0 aromatic carbocycles. The molecule has 0 spiro atoms. The number of nitrogens with two attached hydrogens (primary N) is 1. The molecule has 1 saturated heterocycles. The molecule has 0 aliphatic carbocycles. The van der Waals surface area contributed by atoms with Crippen LogP contribution in [0.2, 0.25) is 0 Å². The summed E-state index contributed by atoms with van der Waals surface area (Å²) in [7, 11) is 0. The van der Waals surface area contributed by atoms with Crippen LogP contribution in [0.1, 0.15) is 25.3 Å². The summed E-state index contributed by atoms with van der Waals surface area (Å²) in [5.41, 5.74) is 6.82. The summed E-state index contributed by atoms with van der Waals surface area (Å²) in [5.74, 6) is 1.12. The van der Waals surface area contributed by atoms with Gasteiger partial charge in [0.25, 0.3) is 0 Å². The molecule has 1 aliphatic heterocycles. The first kappa shape index (κ1) is 21.2. The van der Waals surface area contributed by atoms with Gasteiger partial charge in [-0.2, -0.15) is 0 Å². The van der Waals surface area contributed by atoms with Gasteiger partial charge < -0.3 is 15.2 Å². The van der Waals surface area contributed by atoms with Gasteiger partial charge in [0.05, 0.1) is 18.3 Å². The molecule has 1 atom stereocenters. The van der Waals surface area contributed by atoms with E-state index in [4.69, 9.17) is 10.3 Å². The molecule has 1 unspecified atom stereocenters. The normalized spacial score (nSPS) is 16.9. The van der Waals surface area contributed by atoms with Gasteiger partial charge in [-0.15, -0.1) is 24.8 Å². The number of piperazine rings is 1. The smallest absolute Gasteiger partial charge is 0.239 e. The van der Waals surface area contributed by atoms with Crippen molar-refractivity contribution in [1.82, 2.24) is 15.0 Å². The van der Waals surface area contributed by atoms with E-state index in [9.17, 15) is 4.79 Å². The number of carbonyl (C=O) groups is 1. The maximum absolute atomic E-state index is 12.2. The molecule has 1 aliphatic rings. The lowest BCUT2D eigenvalue weighted by Gasteiger charge is -2.36. The van der Waals surface area contributed by atoms with Crippen molar-refractivity contribution < 1.29 is 9.32 Å². The second-order valence-corrected chi connectivity index (χ2v) is 5.81. The first-order chi connectivity index (χ1) is 9.47. The van der Waals surface area contributed by atoms with E-state index in [1.807, 2.05) is 31.7 Å². The zero-order valence-electron chi connectivity index (χ0n) is 13.3. The van der Waals surface area contributed by atoms with Gasteiger partial charge in [-0.05, 0) is 12.8 Å². The Kier molecular flexibility index (Phi) is 9.00. The lowest BCUT2D eigenvalue weighted by Crippen LogP contribution is -2.54. The molecule has 0 radical (unpaired) electrons. The maximum Gasteiger partial charge on any atom is 0.239 e. The molecule has 1 fully saturated rings. The molecule has 2 rings (SSSR count). The van der Waals surface area contributed by atoms with Crippen LogP contribution < -0.4 is 5.73 Å².